The SMILES string of the molecule is O=C(NC(CO)CO)c1c(I)c(C(=O)NC(CO)CO)c(I)c(N(C(=O)C2CC2=O)N2C=CN(N(C(=O)C3CC3=O)c3c(I)c(C(=O)NC(CO)CO)c(I)c(C(=O)NC(CO)CO)c3I)CCN(N(C(=O)C3CC3=O)c3c(I)c(C(=O)NC(CO)CO)c(I)c(C(=O)NC(CO)CO)c3I)CC2)c1I. The first-order valence-electron chi connectivity index (χ1n) is 31.1. The fourth-order valence-corrected chi connectivity index (χ4v) is 24.0. The maximum absolute atomic E-state index is 15.9. The first kappa shape index (κ1) is 89.5. The van der Waals surface area contributed by atoms with Crippen LogP contribution in [0.4, 0.5) is 17.1 Å². The van der Waals surface area contributed by atoms with Crippen LogP contribution in [0.3, 0.4) is 0 Å². The average molecular weight is 2480 g/mol. The van der Waals surface area contributed by atoms with Crippen molar-refractivity contribution in [1.29, 1.82) is 0 Å². The quantitative estimate of drug-likeness (QED) is 0.0212. The number of hydrazine groups is 3. The number of hydrogen-bond acceptors (Lipinski definition) is 27. The van der Waals surface area contributed by atoms with Crippen molar-refractivity contribution < 1.29 is 119 Å². The van der Waals surface area contributed by atoms with Crippen molar-refractivity contribution in [3.63, 3.8) is 0 Å². The highest BCUT2D eigenvalue weighted by molar-refractivity contribution is 14.1. The number of nitrogens with zero attached hydrogens (tertiary/aromatic N) is 6. The zero-order chi connectivity index (χ0) is 78.1. The van der Waals surface area contributed by atoms with Gasteiger partial charge in [-0.15, -0.1) is 0 Å². The van der Waals surface area contributed by atoms with Crippen LogP contribution < -0.4 is 46.9 Å². The number of Topliss-reactive ketones (excluding diaryl/α,β-unsaturated/α-hetero) is 3. The van der Waals surface area contributed by atoms with Gasteiger partial charge in [0.05, 0.1) is 200 Å². The molecule has 1 aliphatic heterocycles. The summed E-state index contributed by atoms with van der Waals surface area (Å²) in [6.45, 7) is -12.2. The molecule has 1 heterocycles. The van der Waals surface area contributed by atoms with Crippen molar-refractivity contribution in [2.24, 2.45) is 17.8 Å². The van der Waals surface area contributed by atoms with E-state index >= 15 is 14.4 Å². The Kier molecular flexibility index (Phi) is 34.2. The van der Waals surface area contributed by atoms with Gasteiger partial charge in [-0.2, -0.15) is 0 Å². The molecule has 0 aromatic heterocycles. The van der Waals surface area contributed by atoms with Gasteiger partial charge >= 0.3 is 0 Å². The number of ketones is 3. The molecule has 4 aliphatic rings. The molecule has 0 saturated heterocycles. The Balaban J connectivity index is 1.67. The van der Waals surface area contributed by atoms with Crippen LogP contribution in [0.15, 0.2) is 12.4 Å². The first-order chi connectivity index (χ1) is 49.8. The molecule has 3 aromatic carbocycles. The van der Waals surface area contributed by atoms with Crippen LogP contribution in [-0.4, -0.2) is 289 Å². The van der Waals surface area contributed by atoms with E-state index in [1.807, 2.05) is 0 Å². The molecule has 0 bridgehead atoms. The van der Waals surface area contributed by atoms with Crippen LogP contribution in [0.25, 0.3) is 0 Å². The Labute approximate surface area is 719 Å². The summed E-state index contributed by atoms with van der Waals surface area (Å²) in [6.07, 6.45) is 1.21. The molecule has 3 atom stereocenters. The van der Waals surface area contributed by atoms with Gasteiger partial charge in [-0.3, -0.25) is 67.6 Å². The summed E-state index contributed by atoms with van der Waals surface area (Å²) in [5.74, 6) is -15.7. The van der Waals surface area contributed by atoms with Gasteiger partial charge in [0.1, 0.15) is 35.1 Å². The summed E-state index contributed by atoms with van der Waals surface area (Å²) >= 11 is 15.2. The maximum Gasteiger partial charge on any atom is 0.256 e. The number of amides is 9. The second kappa shape index (κ2) is 40.2. The van der Waals surface area contributed by atoms with Gasteiger partial charge in [-0.05, 0) is 203 Å². The molecule has 3 saturated carbocycles. The molecule has 3 unspecified atom stereocenters. The number of anilines is 3. The number of rotatable bonds is 33. The zero-order valence-electron chi connectivity index (χ0n) is 54.1. The third-order valence-electron chi connectivity index (χ3n) is 16.3. The summed E-state index contributed by atoms with van der Waals surface area (Å²) in [5, 5.41) is 144. The summed E-state index contributed by atoms with van der Waals surface area (Å²) in [5.41, 5.74) is -3.26. The normalized spacial score (nSPS) is 16.6. The van der Waals surface area contributed by atoms with Crippen molar-refractivity contribution >= 4 is 291 Å². The molecular weight excluding hydrogens is 2410 g/mol. The summed E-state index contributed by atoms with van der Waals surface area (Å²) in [4.78, 5) is 177. The van der Waals surface area contributed by atoms with E-state index in [9.17, 15) is 104 Å². The number of benzene rings is 3. The summed E-state index contributed by atoms with van der Waals surface area (Å²) in [6, 6.07) is -7.98. The molecule has 3 aromatic rings. The highest BCUT2D eigenvalue weighted by Crippen LogP contribution is 2.46. The van der Waals surface area contributed by atoms with Crippen molar-refractivity contribution in [1.82, 2.24) is 46.9 Å². The smallest absolute Gasteiger partial charge is 0.256 e. The molecule has 45 heteroatoms. The molecule has 105 heavy (non-hydrogen) atoms. The largest absolute Gasteiger partial charge is 0.394 e. The molecule has 36 nitrogen and oxygen atoms in total. The molecule has 3 aliphatic carbocycles. The van der Waals surface area contributed by atoms with Crippen LogP contribution >= 0.6 is 203 Å². The highest BCUT2D eigenvalue weighted by Gasteiger charge is 2.52. The van der Waals surface area contributed by atoms with Crippen LogP contribution in [0.5, 0.6) is 0 Å². The van der Waals surface area contributed by atoms with Crippen LogP contribution in [0.1, 0.15) is 81.4 Å². The van der Waals surface area contributed by atoms with Crippen molar-refractivity contribution in [3.8, 4) is 0 Å². The van der Waals surface area contributed by atoms with Crippen molar-refractivity contribution in [2.75, 3.05) is 120 Å². The number of aliphatic hydroxyl groups excluding tert-OH is 12. The number of carbonyl (C=O) groups excluding carboxylic acids is 12. The van der Waals surface area contributed by atoms with E-state index in [0.29, 0.717) is 0 Å². The highest BCUT2D eigenvalue weighted by atomic mass is 127. The van der Waals surface area contributed by atoms with Gasteiger partial charge < -0.3 is 93.2 Å². The predicted molar refractivity (Wildman–Crippen MR) is 442 cm³/mol. The number of aliphatic hydroxyl groups is 12. The van der Waals surface area contributed by atoms with Crippen molar-refractivity contribution in [3.05, 3.63) is 77.9 Å². The Morgan fingerprint density at radius 2 is 0.486 bits per heavy atom. The third-order valence-corrected chi connectivity index (χ3v) is 25.9. The molecule has 3 fully saturated rings. The third kappa shape index (κ3) is 20.2. The van der Waals surface area contributed by atoms with Crippen LogP contribution in [0.2, 0.25) is 0 Å². The topological polar surface area (TPSA) is 539 Å². The lowest BCUT2D eigenvalue weighted by Gasteiger charge is -2.40. The predicted octanol–water partition coefficient (Wildman–Crippen LogP) is -3.07. The lowest BCUT2D eigenvalue weighted by molar-refractivity contribution is -0.127. The lowest BCUT2D eigenvalue weighted by Crippen LogP contribution is -2.55. The maximum atomic E-state index is 15.9. The molecule has 18 N–H and O–H groups in total. The van der Waals surface area contributed by atoms with Gasteiger partial charge in [0.2, 0.25) is 0 Å². The van der Waals surface area contributed by atoms with Gasteiger partial charge in [0.15, 0.2) is 0 Å². The van der Waals surface area contributed by atoms with E-state index < -0.39 is 230 Å². The van der Waals surface area contributed by atoms with E-state index in [0.717, 1.165) is 25.0 Å². The second-order valence-electron chi connectivity index (χ2n) is 23.5. The fraction of sp³-hybridized carbons (Fsp3) is 0.467. The van der Waals surface area contributed by atoms with Gasteiger partial charge in [-0.1, -0.05) is 0 Å². The van der Waals surface area contributed by atoms with Crippen molar-refractivity contribution in [2.45, 2.75) is 55.5 Å². The second-order valence-corrected chi connectivity index (χ2v) is 33.2. The summed E-state index contributed by atoms with van der Waals surface area (Å²) in [7, 11) is 0. The van der Waals surface area contributed by atoms with Gasteiger partial charge in [0.25, 0.3) is 53.2 Å². The van der Waals surface area contributed by atoms with Crippen LogP contribution in [-0.2, 0) is 28.8 Å². The Morgan fingerprint density at radius 1 is 0.314 bits per heavy atom. The van der Waals surface area contributed by atoms with E-state index in [1.165, 1.54) is 17.4 Å². The minimum atomic E-state index is -1.48. The summed E-state index contributed by atoms with van der Waals surface area (Å²) < 4.78 is -1.32. The number of nitrogens with one attached hydrogen (secondary N) is 6. The molecule has 9 amide bonds. The Bertz CT molecular complexity index is 3640. The average Bonchev–Trinajstić information content (AvgIpc) is 1.71. The van der Waals surface area contributed by atoms with Crippen LogP contribution in [0, 0.1) is 49.9 Å². The van der Waals surface area contributed by atoms with E-state index in [-0.39, 0.29) is 102 Å². The molecular formula is C60H67I9N12O24. The molecule has 574 valence electrons. The molecule has 7 rings (SSSR count). The van der Waals surface area contributed by atoms with Gasteiger partial charge in [-0.25, -0.2) is 20.0 Å². The number of carbonyl (C=O) groups is 12. The Morgan fingerprint density at radius 3 is 0.657 bits per heavy atom. The minimum Gasteiger partial charge on any atom is -0.394 e. The Hall–Kier alpha value is -2.71. The standard InChI is InChI=1S/C60H67I9N12O24/c61-40-34(52(97)70-22(10-82)11-83)43(64)49(44(65)35(40)53(98)71-23(12-84)13-85)79(58(103)28-7-31(28)94)76-1-2-77(80(59(104)29-8-32(29)95)50-45(66)36(54(99)72-24(14-86)15-87)41(62)37(46(50)67)55(100)73-25(16-88)17-89)5-6-78(4-3-76)81(60(105)30-9-33(30)96)51-47(68)38(56(101)74-26(18-90)19-91)42(63)39(48(51)69)57(102)75-27(20-92)21-93/h1-2,22-30,82-93H,3-21H2,(H,70,97)(H,71,98)(H,72,99)(H,73,100)(H,74,101)(H,75,102). The lowest BCUT2D eigenvalue weighted by atomic mass is 10.1. The zero-order valence-corrected chi connectivity index (χ0v) is 73.6. The minimum absolute atomic E-state index is 0.124. The van der Waals surface area contributed by atoms with E-state index in [4.69, 9.17) is 0 Å². The molecule has 0 spiro atoms. The van der Waals surface area contributed by atoms with Gasteiger partial charge in [0, 0.05) is 55.5 Å². The number of hydrogen-bond donors (Lipinski definition) is 18. The number of halogens is 9. The monoisotopic (exact) mass is 2480 g/mol. The van der Waals surface area contributed by atoms with E-state index in [1.54, 1.807) is 203 Å². The fourth-order valence-electron chi connectivity index (χ4n) is 10.2. The van der Waals surface area contributed by atoms with E-state index in [2.05, 4.69) is 31.9 Å². The molecule has 0 radical (unpaired) electrons. The first-order valence-corrected chi connectivity index (χ1v) is 40.9.